The second-order valence-corrected chi connectivity index (χ2v) is 9.41. The fraction of sp³-hybridized carbons (Fsp3) is 0.240. The summed E-state index contributed by atoms with van der Waals surface area (Å²) in [7, 11) is 0. The van der Waals surface area contributed by atoms with Crippen LogP contribution >= 0.6 is 22.9 Å². The van der Waals surface area contributed by atoms with Gasteiger partial charge >= 0.3 is 11.9 Å². The van der Waals surface area contributed by atoms with E-state index in [0.717, 1.165) is 16.9 Å². The van der Waals surface area contributed by atoms with E-state index in [-0.39, 0.29) is 29.8 Å². The van der Waals surface area contributed by atoms with Crippen LogP contribution in [-0.2, 0) is 22.7 Å². The fourth-order valence-corrected chi connectivity index (χ4v) is 5.17. The molecule has 0 bridgehead atoms. The van der Waals surface area contributed by atoms with Gasteiger partial charge in [-0.2, -0.15) is 0 Å². The number of benzene rings is 1. The van der Waals surface area contributed by atoms with Gasteiger partial charge in [0.1, 0.15) is 24.1 Å². The molecular formula is C25H23ClN2O6S. The van der Waals surface area contributed by atoms with Crippen molar-refractivity contribution in [2.45, 2.75) is 40.1 Å². The van der Waals surface area contributed by atoms with Gasteiger partial charge in [0.25, 0.3) is 0 Å². The first-order valence-electron chi connectivity index (χ1n) is 10.7. The number of hydrogen-bond donors (Lipinski definition) is 2. The molecule has 35 heavy (non-hydrogen) atoms. The van der Waals surface area contributed by atoms with Gasteiger partial charge in [-0.15, -0.1) is 11.3 Å². The Bertz CT molecular complexity index is 1430. The van der Waals surface area contributed by atoms with Crippen LogP contribution in [0.1, 0.15) is 51.9 Å². The number of esters is 1. The van der Waals surface area contributed by atoms with Crippen LogP contribution in [0.25, 0.3) is 16.2 Å². The molecule has 0 fully saturated rings. The number of halogens is 1. The first-order chi connectivity index (χ1) is 16.7. The molecule has 0 aliphatic rings. The van der Waals surface area contributed by atoms with Crippen LogP contribution in [-0.4, -0.2) is 31.5 Å². The fourth-order valence-electron chi connectivity index (χ4n) is 3.73. The molecule has 4 rings (SSSR count). The number of fused-ring (bicyclic) bond motifs is 1. The van der Waals surface area contributed by atoms with E-state index >= 15 is 0 Å². The second-order valence-electron chi connectivity index (χ2n) is 7.98. The Morgan fingerprint density at radius 3 is 2.63 bits per heavy atom. The van der Waals surface area contributed by atoms with E-state index in [9.17, 15) is 19.8 Å². The maximum Gasteiger partial charge on any atom is 0.349 e. The summed E-state index contributed by atoms with van der Waals surface area (Å²) >= 11 is 7.57. The zero-order chi connectivity index (χ0) is 25.3. The lowest BCUT2D eigenvalue weighted by molar-refractivity contribution is -0.142. The summed E-state index contributed by atoms with van der Waals surface area (Å²) < 4.78 is 13.0. The minimum Gasteiger partial charge on any atom is -0.484 e. The molecule has 2 N–H and O–H groups in total. The molecular weight excluding hydrogens is 492 g/mol. The number of aliphatic hydroxyl groups is 1. The molecule has 0 saturated carbocycles. The third-order valence-corrected chi connectivity index (χ3v) is 7.12. The monoisotopic (exact) mass is 514 g/mol. The zero-order valence-corrected chi connectivity index (χ0v) is 20.8. The predicted molar refractivity (Wildman–Crippen MR) is 132 cm³/mol. The summed E-state index contributed by atoms with van der Waals surface area (Å²) in [6, 6.07) is 8.83. The number of rotatable bonds is 8. The van der Waals surface area contributed by atoms with Gasteiger partial charge in [0.2, 0.25) is 0 Å². The summed E-state index contributed by atoms with van der Waals surface area (Å²) in [5.74, 6) is -1.22. The van der Waals surface area contributed by atoms with Gasteiger partial charge in [0, 0.05) is 29.3 Å². The number of thiophene rings is 1. The van der Waals surface area contributed by atoms with Crippen LogP contribution in [0.3, 0.4) is 0 Å². The summed E-state index contributed by atoms with van der Waals surface area (Å²) in [6.07, 6.45) is 2.90. The van der Waals surface area contributed by atoms with Crippen LogP contribution in [0.15, 0.2) is 42.7 Å². The van der Waals surface area contributed by atoms with Crippen molar-refractivity contribution >= 4 is 40.5 Å². The number of aromatic carboxylic acids is 1. The number of ether oxygens (including phenoxy) is 2. The lowest BCUT2D eigenvalue weighted by Crippen LogP contribution is -2.07. The quantitative estimate of drug-likeness (QED) is 0.302. The van der Waals surface area contributed by atoms with Gasteiger partial charge in [0.05, 0.1) is 23.4 Å². The van der Waals surface area contributed by atoms with E-state index < -0.39 is 12.1 Å². The van der Waals surface area contributed by atoms with Gasteiger partial charge in [-0.3, -0.25) is 9.20 Å². The Hall–Kier alpha value is -3.40. The molecule has 0 saturated heterocycles. The van der Waals surface area contributed by atoms with Crippen LogP contribution < -0.4 is 4.74 Å². The minimum atomic E-state index is -1.10. The Labute approximate surface area is 210 Å². The van der Waals surface area contributed by atoms with E-state index in [1.807, 2.05) is 4.40 Å². The topological polar surface area (TPSA) is 110 Å². The highest BCUT2D eigenvalue weighted by atomic mass is 35.5. The predicted octanol–water partition coefficient (Wildman–Crippen LogP) is 5.42. The molecule has 8 nitrogen and oxygen atoms in total. The summed E-state index contributed by atoms with van der Waals surface area (Å²) in [4.78, 5) is 28.3. The van der Waals surface area contributed by atoms with Crippen molar-refractivity contribution in [2.24, 2.45) is 0 Å². The van der Waals surface area contributed by atoms with Crippen molar-refractivity contribution in [3.63, 3.8) is 0 Å². The number of aromatic nitrogens is 2. The molecule has 0 aliphatic carbocycles. The number of nitrogens with zero attached hydrogens (tertiary/aromatic N) is 2. The van der Waals surface area contributed by atoms with Gasteiger partial charge in [-0.1, -0.05) is 29.8 Å². The number of hydrogen-bond acceptors (Lipinski definition) is 7. The van der Waals surface area contributed by atoms with E-state index in [2.05, 4.69) is 4.98 Å². The number of carbonyl (C=O) groups is 2. The Balaban J connectivity index is 1.69. The van der Waals surface area contributed by atoms with E-state index in [1.54, 1.807) is 56.6 Å². The van der Waals surface area contributed by atoms with Crippen molar-refractivity contribution in [3.05, 3.63) is 74.9 Å². The standard InChI is InChI=1S/C25H23ClN2O6S/c1-13-22(34-14(2)18-6-4-16(8-19(18)26)12-33-15(3)30)24(25(31)32)35-23(13)20-9-27-21-7-5-17(11-29)10-28(20)21/h4-10,14,29H,11-12H2,1-3H3,(H,31,32)/t14-/m1/s1. The smallest absolute Gasteiger partial charge is 0.349 e. The van der Waals surface area contributed by atoms with E-state index in [4.69, 9.17) is 21.1 Å². The average molecular weight is 515 g/mol. The normalized spacial score (nSPS) is 12.0. The van der Waals surface area contributed by atoms with Gasteiger partial charge in [-0.05, 0) is 37.1 Å². The maximum atomic E-state index is 12.1. The molecule has 10 heteroatoms. The van der Waals surface area contributed by atoms with E-state index in [1.165, 1.54) is 6.92 Å². The molecule has 3 aromatic heterocycles. The first kappa shape index (κ1) is 24.7. The largest absolute Gasteiger partial charge is 0.484 e. The van der Waals surface area contributed by atoms with Crippen LogP contribution in [0.2, 0.25) is 5.02 Å². The molecule has 1 aromatic carbocycles. The number of carbonyl (C=O) groups excluding carboxylic acids is 1. The van der Waals surface area contributed by atoms with Gasteiger partial charge in [0.15, 0.2) is 4.88 Å². The lowest BCUT2D eigenvalue weighted by Gasteiger charge is -2.18. The number of carboxylic acids is 1. The molecule has 3 heterocycles. The molecule has 0 aliphatic heterocycles. The van der Waals surface area contributed by atoms with Crippen molar-refractivity contribution in [1.82, 2.24) is 9.38 Å². The first-order valence-corrected chi connectivity index (χ1v) is 11.9. The molecule has 182 valence electrons. The number of imidazole rings is 1. The maximum absolute atomic E-state index is 12.1. The van der Waals surface area contributed by atoms with Gasteiger partial charge < -0.3 is 19.7 Å². The average Bonchev–Trinajstić information content (AvgIpc) is 3.38. The zero-order valence-electron chi connectivity index (χ0n) is 19.2. The third kappa shape index (κ3) is 5.02. The Morgan fingerprint density at radius 2 is 1.97 bits per heavy atom. The van der Waals surface area contributed by atoms with E-state index in [0.29, 0.717) is 37.9 Å². The van der Waals surface area contributed by atoms with Crippen LogP contribution in [0.5, 0.6) is 5.75 Å². The minimum absolute atomic E-state index is 0.0696. The molecule has 0 spiro atoms. The summed E-state index contributed by atoms with van der Waals surface area (Å²) in [5, 5.41) is 19.8. The Morgan fingerprint density at radius 1 is 1.23 bits per heavy atom. The molecule has 0 radical (unpaired) electrons. The SMILES string of the molecule is CC(=O)OCc1ccc([C@@H](C)Oc2c(C(=O)O)sc(-c3cnc4ccc(CO)cn34)c2C)c(Cl)c1. The molecule has 1 atom stereocenters. The van der Waals surface area contributed by atoms with Crippen molar-refractivity contribution in [2.75, 3.05) is 0 Å². The van der Waals surface area contributed by atoms with Crippen LogP contribution in [0.4, 0.5) is 0 Å². The highest BCUT2D eigenvalue weighted by molar-refractivity contribution is 7.17. The van der Waals surface area contributed by atoms with Crippen molar-refractivity contribution in [1.29, 1.82) is 0 Å². The lowest BCUT2D eigenvalue weighted by atomic mass is 10.1. The summed E-state index contributed by atoms with van der Waals surface area (Å²) in [6.45, 7) is 4.92. The van der Waals surface area contributed by atoms with Crippen molar-refractivity contribution < 1.29 is 29.3 Å². The highest BCUT2D eigenvalue weighted by Gasteiger charge is 2.26. The second kappa shape index (κ2) is 10.1. The number of carboxylic acid groups (broad SMARTS) is 1. The van der Waals surface area contributed by atoms with Gasteiger partial charge in [-0.25, -0.2) is 9.78 Å². The Kier molecular flexibility index (Phi) is 7.11. The van der Waals surface area contributed by atoms with Crippen molar-refractivity contribution in [3.8, 4) is 16.3 Å². The summed E-state index contributed by atoms with van der Waals surface area (Å²) in [5.41, 5.74) is 4.16. The molecule has 4 aromatic rings. The number of pyridine rings is 1. The third-order valence-electron chi connectivity index (χ3n) is 5.51. The molecule has 0 unspecified atom stereocenters. The molecule has 0 amide bonds. The number of aliphatic hydroxyl groups excluding tert-OH is 1. The highest BCUT2D eigenvalue weighted by Crippen LogP contribution is 2.43. The van der Waals surface area contributed by atoms with Crippen LogP contribution in [0, 0.1) is 6.92 Å².